The van der Waals surface area contributed by atoms with E-state index in [9.17, 15) is 4.79 Å². The average molecular weight is 443 g/mol. The molecule has 0 radical (unpaired) electrons. The average Bonchev–Trinajstić information content (AvgIpc) is 3.14. The highest BCUT2D eigenvalue weighted by Gasteiger charge is 2.13. The van der Waals surface area contributed by atoms with Gasteiger partial charge in [0.15, 0.2) is 11.7 Å². The van der Waals surface area contributed by atoms with E-state index >= 15 is 0 Å². The van der Waals surface area contributed by atoms with Gasteiger partial charge in [-0.15, -0.1) is 11.3 Å². The van der Waals surface area contributed by atoms with E-state index in [0.717, 1.165) is 22.2 Å². The maximum atomic E-state index is 12.1. The first kappa shape index (κ1) is 18.2. The van der Waals surface area contributed by atoms with E-state index in [-0.39, 0.29) is 12.5 Å². The van der Waals surface area contributed by atoms with E-state index in [1.807, 2.05) is 29.6 Å². The maximum absolute atomic E-state index is 12.1. The molecule has 0 aliphatic heterocycles. The predicted octanol–water partition coefficient (Wildman–Crippen LogP) is 5.47. The molecule has 1 heterocycles. The van der Waals surface area contributed by atoms with Crippen LogP contribution in [0.5, 0.6) is 5.75 Å². The molecule has 4 rings (SSSR count). The van der Waals surface area contributed by atoms with Gasteiger partial charge in [-0.3, -0.25) is 10.1 Å². The molecule has 27 heavy (non-hydrogen) atoms. The number of carbonyl (C=O) groups is 1. The highest BCUT2D eigenvalue weighted by atomic mass is 79.9. The van der Waals surface area contributed by atoms with Crippen molar-refractivity contribution in [2.75, 3.05) is 11.9 Å². The number of halogens is 1. The Labute approximate surface area is 170 Å². The van der Waals surface area contributed by atoms with E-state index in [2.05, 4.69) is 44.4 Å². The number of anilines is 1. The number of nitrogens with one attached hydrogen (secondary N) is 1. The first-order chi connectivity index (χ1) is 13.2. The van der Waals surface area contributed by atoms with E-state index in [1.165, 1.54) is 41.7 Å². The number of thiazole rings is 1. The smallest absolute Gasteiger partial charge is 0.264 e. The lowest BCUT2D eigenvalue weighted by atomic mass is 9.90. The topological polar surface area (TPSA) is 51.2 Å². The molecule has 3 aromatic rings. The summed E-state index contributed by atoms with van der Waals surface area (Å²) in [7, 11) is 0. The summed E-state index contributed by atoms with van der Waals surface area (Å²) in [5, 5.41) is 5.38. The quantitative estimate of drug-likeness (QED) is 0.569. The van der Waals surface area contributed by atoms with Crippen molar-refractivity contribution in [1.29, 1.82) is 0 Å². The second kappa shape index (κ2) is 8.23. The standard InChI is InChI=1S/C21H19BrN2O2S/c22-17-6-3-7-18(11-17)26-12-20(25)24-21-23-19(13-27-21)16-9-8-14-4-1-2-5-15(14)10-16/h3,6-11,13H,1-2,4-5,12H2,(H,23,24,25). The Kier molecular flexibility index (Phi) is 5.55. The van der Waals surface area contributed by atoms with E-state index in [0.29, 0.717) is 10.9 Å². The van der Waals surface area contributed by atoms with E-state index < -0.39 is 0 Å². The van der Waals surface area contributed by atoms with Gasteiger partial charge in [-0.2, -0.15) is 0 Å². The van der Waals surface area contributed by atoms with Gasteiger partial charge >= 0.3 is 0 Å². The van der Waals surface area contributed by atoms with Gasteiger partial charge in [0, 0.05) is 15.4 Å². The molecule has 1 aliphatic carbocycles. The Balaban J connectivity index is 1.38. The van der Waals surface area contributed by atoms with Crippen molar-refractivity contribution in [2.24, 2.45) is 0 Å². The molecule has 138 valence electrons. The normalized spacial score (nSPS) is 13.1. The molecule has 4 nitrogen and oxygen atoms in total. The molecule has 1 amide bonds. The summed E-state index contributed by atoms with van der Waals surface area (Å²) < 4.78 is 6.42. The van der Waals surface area contributed by atoms with Crippen molar-refractivity contribution in [3.8, 4) is 17.0 Å². The zero-order valence-corrected chi connectivity index (χ0v) is 17.1. The second-order valence-corrected chi connectivity index (χ2v) is 8.30. The highest BCUT2D eigenvalue weighted by Crippen LogP contribution is 2.29. The number of nitrogens with zero attached hydrogens (tertiary/aromatic N) is 1. The van der Waals surface area contributed by atoms with Crippen molar-refractivity contribution in [3.05, 3.63) is 63.4 Å². The zero-order chi connectivity index (χ0) is 18.6. The first-order valence-electron chi connectivity index (χ1n) is 8.93. The van der Waals surface area contributed by atoms with Gasteiger partial charge < -0.3 is 4.74 Å². The SMILES string of the molecule is O=C(COc1cccc(Br)c1)Nc1nc(-c2ccc3c(c2)CCCC3)cs1. The molecule has 2 aromatic carbocycles. The summed E-state index contributed by atoms with van der Waals surface area (Å²) in [6.45, 7) is -0.0514. The minimum absolute atomic E-state index is 0.0514. The van der Waals surface area contributed by atoms with Gasteiger partial charge in [0.05, 0.1) is 5.69 Å². The maximum Gasteiger partial charge on any atom is 0.264 e. The molecular weight excluding hydrogens is 424 g/mol. The van der Waals surface area contributed by atoms with Gasteiger partial charge in [-0.05, 0) is 61.1 Å². The van der Waals surface area contributed by atoms with Crippen LogP contribution in [0.2, 0.25) is 0 Å². The molecular formula is C21H19BrN2O2S. The lowest BCUT2D eigenvalue weighted by Gasteiger charge is -2.16. The van der Waals surface area contributed by atoms with Crippen molar-refractivity contribution >= 4 is 38.3 Å². The summed E-state index contributed by atoms with van der Waals surface area (Å²) in [6, 6.07) is 14.0. The number of hydrogen-bond acceptors (Lipinski definition) is 4. The van der Waals surface area contributed by atoms with Crippen LogP contribution in [0.4, 0.5) is 5.13 Å². The molecule has 1 N–H and O–H groups in total. The summed E-state index contributed by atoms with van der Waals surface area (Å²) in [5.74, 6) is 0.426. The molecule has 0 atom stereocenters. The molecule has 0 saturated heterocycles. The van der Waals surface area contributed by atoms with Crippen molar-refractivity contribution in [2.45, 2.75) is 25.7 Å². The fourth-order valence-corrected chi connectivity index (χ4v) is 4.33. The molecule has 0 bridgehead atoms. The van der Waals surface area contributed by atoms with Crippen molar-refractivity contribution < 1.29 is 9.53 Å². The number of fused-ring (bicyclic) bond motifs is 1. The van der Waals surface area contributed by atoms with Crippen molar-refractivity contribution in [1.82, 2.24) is 4.98 Å². The Bertz CT molecular complexity index is 970. The number of rotatable bonds is 5. The number of aryl methyl sites for hydroxylation is 2. The van der Waals surface area contributed by atoms with Crippen LogP contribution in [-0.4, -0.2) is 17.5 Å². The van der Waals surface area contributed by atoms with E-state index in [4.69, 9.17) is 4.74 Å². The van der Waals surface area contributed by atoms with Gasteiger partial charge in [-0.25, -0.2) is 4.98 Å². The summed E-state index contributed by atoms with van der Waals surface area (Å²) in [6.07, 6.45) is 4.85. The molecule has 0 unspecified atom stereocenters. The largest absolute Gasteiger partial charge is 0.484 e. The van der Waals surface area contributed by atoms with Gasteiger partial charge in [0.25, 0.3) is 5.91 Å². The fraction of sp³-hybridized carbons (Fsp3) is 0.238. The minimum Gasteiger partial charge on any atom is -0.484 e. The fourth-order valence-electron chi connectivity index (χ4n) is 3.22. The van der Waals surface area contributed by atoms with Crippen LogP contribution < -0.4 is 10.1 Å². The number of carbonyl (C=O) groups excluding carboxylic acids is 1. The third-order valence-corrected chi connectivity index (χ3v) is 5.81. The van der Waals surface area contributed by atoms with Gasteiger partial charge in [0.2, 0.25) is 0 Å². The lowest BCUT2D eigenvalue weighted by molar-refractivity contribution is -0.118. The van der Waals surface area contributed by atoms with Gasteiger partial charge in [-0.1, -0.05) is 34.1 Å². The molecule has 0 fully saturated rings. The first-order valence-corrected chi connectivity index (χ1v) is 10.6. The van der Waals surface area contributed by atoms with Crippen LogP contribution in [0.15, 0.2) is 52.3 Å². The van der Waals surface area contributed by atoms with Crippen LogP contribution in [0.25, 0.3) is 11.3 Å². The number of ether oxygens (including phenoxy) is 1. The molecule has 6 heteroatoms. The number of benzene rings is 2. The summed E-state index contributed by atoms with van der Waals surface area (Å²) in [4.78, 5) is 16.7. The van der Waals surface area contributed by atoms with Crippen molar-refractivity contribution in [3.63, 3.8) is 0 Å². The van der Waals surface area contributed by atoms with Crippen LogP contribution in [0.3, 0.4) is 0 Å². The number of hydrogen-bond donors (Lipinski definition) is 1. The van der Waals surface area contributed by atoms with Gasteiger partial charge in [0.1, 0.15) is 5.75 Å². The third-order valence-electron chi connectivity index (χ3n) is 4.56. The van der Waals surface area contributed by atoms with Crippen LogP contribution >= 0.6 is 27.3 Å². The highest BCUT2D eigenvalue weighted by molar-refractivity contribution is 9.10. The summed E-state index contributed by atoms with van der Waals surface area (Å²) in [5.41, 5.74) is 4.90. The Morgan fingerprint density at radius 1 is 1.15 bits per heavy atom. The molecule has 1 aromatic heterocycles. The van der Waals surface area contributed by atoms with E-state index in [1.54, 1.807) is 0 Å². The lowest BCUT2D eigenvalue weighted by Crippen LogP contribution is -2.20. The Hall–Kier alpha value is -2.18. The zero-order valence-electron chi connectivity index (χ0n) is 14.7. The molecule has 1 aliphatic rings. The third kappa shape index (κ3) is 4.57. The molecule has 0 spiro atoms. The Morgan fingerprint density at radius 3 is 2.85 bits per heavy atom. The van der Waals surface area contributed by atoms with Crippen LogP contribution in [0, 0.1) is 0 Å². The monoisotopic (exact) mass is 442 g/mol. The summed E-state index contributed by atoms with van der Waals surface area (Å²) >= 11 is 4.81. The van der Waals surface area contributed by atoms with Crippen LogP contribution in [0.1, 0.15) is 24.0 Å². The minimum atomic E-state index is -0.221. The molecule has 0 saturated carbocycles. The second-order valence-electron chi connectivity index (χ2n) is 6.52. The number of amides is 1. The predicted molar refractivity (Wildman–Crippen MR) is 112 cm³/mol. The Morgan fingerprint density at radius 2 is 2.00 bits per heavy atom. The number of aromatic nitrogens is 1. The van der Waals surface area contributed by atoms with Crippen LogP contribution in [-0.2, 0) is 17.6 Å².